The van der Waals surface area contributed by atoms with Crippen LogP contribution in [0.15, 0.2) is 24.3 Å². The van der Waals surface area contributed by atoms with Gasteiger partial charge in [-0.05, 0) is 17.7 Å². The third kappa shape index (κ3) is 4.11. The number of urea groups is 1. The molecule has 0 bridgehead atoms. The lowest BCUT2D eigenvalue weighted by Gasteiger charge is -2.44. The summed E-state index contributed by atoms with van der Waals surface area (Å²) in [6.07, 6.45) is -10.6. The molecule has 4 nitrogen and oxygen atoms in total. The number of halogens is 6. The van der Waals surface area contributed by atoms with Crippen LogP contribution in [0.3, 0.4) is 0 Å². The van der Waals surface area contributed by atoms with E-state index in [0.29, 0.717) is 0 Å². The third-order valence-electron chi connectivity index (χ3n) is 3.74. The molecule has 1 aliphatic carbocycles. The van der Waals surface area contributed by atoms with Crippen LogP contribution in [0.5, 0.6) is 0 Å². The molecule has 1 aromatic carbocycles. The first-order valence-corrected chi connectivity index (χ1v) is 6.90. The molecule has 24 heavy (non-hydrogen) atoms. The molecule has 2 amide bonds. The Labute approximate surface area is 132 Å². The second kappa shape index (κ2) is 6.15. The van der Waals surface area contributed by atoms with Crippen LogP contribution in [-0.4, -0.2) is 29.0 Å². The first-order chi connectivity index (χ1) is 10.9. The molecule has 10 heteroatoms. The van der Waals surface area contributed by atoms with E-state index in [1.54, 1.807) is 0 Å². The fourth-order valence-electron chi connectivity index (χ4n) is 2.37. The van der Waals surface area contributed by atoms with Crippen molar-refractivity contribution in [2.75, 3.05) is 0 Å². The number of alkyl halides is 6. The standard InChI is InChI=1S/C14H14F6N2O2/c15-13(16,17)9-3-1-2-8(4-9)7-21-11(23)22-10-5-12(24,6-10)14(18,19)20/h1-4,10,24H,5-7H2,(H2,21,22,23). The van der Waals surface area contributed by atoms with Crippen LogP contribution >= 0.6 is 0 Å². The number of nitrogens with one attached hydrogen (secondary N) is 2. The van der Waals surface area contributed by atoms with Crippen molar-refractivity contribution >= 4 is 6.03 Å². The molecule has 0 heterocycles. The van der Waals surface area contributed by atoms with Crippen LogP contribution in [-0.2, 0) is 12.7 Å². The Bertz CT molecular complexity index is 608. The van der Waals surface area contributed by atoms with Crippen molar-refractivity contribution in [2.24, 2.45) is 0 Å². The van der Waals surface area contributed by atoms with Gasteiger partial charge < -0.3 is 15.7 Å². The molecule has 0 saturated heterocycles. The highest BCUT2D eigenvalue weighted by atomic mass is 19.4. The highest BCUT2D eigenvalue weighted by Gasteiger charge is 2.61. The van der Waals surface area contributed by atoms with Gasteiger partial charge >= 0.3 is 18.4 Å². The smallest absolute Gasteiger partial charge is 0.380 e. The second-order valence-electron chi connectivity index (χ2n) is 5.66. The summed E-state index contributed by atoms with van der Waals surface area (Å²) in [5.74, 6) is 0. The SMILES string of the molecule is O=C(NCc1cccc(C(F)(F)F)c1)NC1CC(O)(C(F)(F)F)C1. The zero-order valence-electron chi connectivity index (χ0n) is 12.1. The number of benzene rings is 1. The molecule has 1 aliphatic rings. The molecular formula is C14H14F6N2O2. The molecule has 0 aliphatic heterocycles. The maximum absolute atomic E-state index is 12.5. The van der Waals surface area contributed by atoms with E-state index in [2.05, 4.69) is 10.6 Å². The summed E-state index contributed by atoms with van der Waals surface area (Å²) in [6.45, 7) is -0.216. The number of rotatable bonds is 3. The van der Waals surface area contributed by atoms with Crippen LogP contribution in [0, 0.1) is 0 Å². The Kier molecular flexibility index (Phi) is 4.71. The number of aliphatic hydroxyl groups is 1. The van der Waals surface area contributed by atoms with Crippen molar-refractivity contribution < 1.29 is 36.2 Å². The molecule has 1 aromatic rings. The van der Waals surface area contributed by atoms with Crippen molar-refractivity contribution in [3.63, 3.8) is 0 Å². The molecule has 0 spiro atoms. The lowest BCUT2D eigenvalue weighted by atomic mass is 9.75. The van der Waals surface area contributed by atoms with Crippen LogP contribution in [0.4, 0.5) is 31.1 Å². The third-order valence-corrected chi connectivity index (χ3v) is 3.74. The highest BCUT2D eigenvalue weighted by molar-refractivity contribution is 5.74. The maximum Gasteiger partial charge on any atom is 0.417 e. The summed E-state index contributed by atoms with van der Waals surface area (Å²) in [4.78, 5) is 11.6. The molecule has 0 atom stereocenters. The van der Waals surface area contributed by atoms with Gasteiger partial charge in [-0.15, -0.1) is 0 Å². The van der Waals surface area contributed by atoms with Crippen molar-refractivity contribution in [3.8, 4) is 0 Å². The summed E-state index contributed by atoms with van der Waals surface area (Å²) in [5, 5.41) is 13.7. The first kappa shape index (κ1) is 18.4. The van der Waals surface area contributed by atoms with E-state index in [4.69, 9.17) is 0 Å². The van der Waals surface area contributed by atoms with Gasteiger partial charge in [0.25, 0.3) is 0 Å². The summed E-state index contributed by atoms with van der Waals surface area (Å²) in [5.41, 5.74) is -3.47. The quantitative estimate of drug-likeness (QED) is 0.730. The fraction of sp³-hybridized carbons (Fsp3) is 0.500. The highest BCUT2D eigenvalue weighted by Crippen LogP contribution is 2.45. The van der Waals surface area contributed by atoms with Crippen LogP contribution in [0.25, 0.3) is 0 Å². The topological polar surface area (TPSA) is 61.4 Å². The molecule has 1 fully saturated rings. The van der Waals surface area contributed by atoms with Crippen molar-refractivity contribution in [2.45, 2.75) is 43.4 Å². The Morgan fingerprint density at radius 3 is 2.38 bits per heavy atom. The minimum Gasteiger partial charge on any atom is -0.380 e. The minimum absolute atomic E-state index is 0.195. The van der Waals surface area contributed by atoms with Gasteiger partial charge in [0.05, 0.1) is 5.56 Å². The number of hydrogen-bond acceptors (Lipinski definition) is 2. The normalized spacial score (nSPS) is 24.2. The van der Waals surface area contributed by atoms with Crippen LogP contribution in [0.2, 0.25) is 0 Å². The zero-order chi connectivity index (χ0) is 18.2. The Hall–Kier alpha value is -1.97. The zero-order valence-corrected chi connectivity index (χ0v) is 12.1. The van der Waals surface area contributed by atoms with Crippen LogP contribution in [0.1, 0.15) is 24.0 Å². The molecule has 2 rings (SSSR count). The lowest BCUT2D eigenvalue weighted by molar-refractivity contribution is -0.291. The van der Waals surface area contributed by atoms with E-state index in [1.807, 2.05) is 0 Å². The van der Waals surface area contributed by atoms with Crippen molar-refractivity contribution in [1.29, 1.82) is 0 Å². The van der Waals surface area contributed by atoms with Gasteiger partial charge in [0.2, 0.25) is 0 Å². The molecule has 1 saturated carbocycles. The van der Waals surface area contributed by atoms with Gasteiger partial charge in [0.1, 0.15) is 0 Å². The molecule has 134 valence electrons. The average Bonchev–Trinajstić information content (AvgIpc) is 2.41. The average molecular weight is 356 g/mol. The number of carbonyl (C=O) groups excluding carboxylic acids is 1. The van der Waals surface area contributed by atoms with E-state index < -0.39 is 48.4 Å². The summed E-state index contributed by atoms with van der Waals surface area (Å²) in [7, 11) is 0. The van der Waals surface area contributed by atoms with Gasteiger partial charge in [-0.25, -0.2) is 4.79 Å². The second-order valence-corrected chi connectivity index (χ2v) is 5.66. The minimum atomic E-state index is -4.76. The number of carbonyl (C=O) groups is 1. The monoisotopic (exact) mass is 356 g/mol. The molecule has 0 radical (unpaired) electrons. The molecule has 0 unspecified atom stereocenters. The fourth-order valence-corrected chi connectivity index (χ4v) is 2.37. The Balaban J connectivity index is 1.81. The Morgan fingerprint density at radius 1 is 1.21 bits per heavy atom. The van der Waals surface area contributed by atoms with Gasteiger partial charge in [0.15, 0.2) is 5.60 Å². The molecule has 3 N–H and O–H groups in total. The van der Waals surface area contributed by atoms with Crippen molar-refractivity contribution in [3.05, 3.63) is 35.4 Å². The predicted molar refractivity (Wildman–Crippen MR) is 70.8 cm³/mol. The molecular weight excluding hydrogens is 342 g/mol. The maximum atomic E-state index is 12.5. The van der Waals surface area contributed by atoms with Gasteiger partial charge in [-0.1, -0.05) is 12.1 Å². The summed E-state index contributed by atoms with van der Waals surface area (Å²) < 4.78 is 74.9. The Morgan fingerprint density at radius 2 is 1.83 bits per heavy atom. The summed E-state index contributed by atoms with van der Waals surface area (Å²) >= 11 is 0. The van der Waals surface area contributed by atoms with E-state index in [0.717, 1.165) is 12.1 Å². The van der Waals surface area contributed by atoms with E-state index in [1.165, 1.54) is 12.1 Å². The number of amides is 2. The van der Waals surface area contributed by atoms with Gasteiger partial charge in [0, 0.05) is 25.4 Å². The lowest BCUT2D eigenvalue weighted by Crippen LogP contribution is -2.63. The van der Waals surface area contributed by atoms with Gasteiger partial charge in [-0.2, -0.15) is 26.3 Å². The largest absolute Gasteiger partial charge is 0.417 e. The molecule has 0 aromatic heterocycles. The van der Waals surface area contributed by atoms with Gasteiger partial charge in [-0.3, -0.25) is 0 Å². The first-order valence-electron chi connectivity index (χ1n) is 6.90. The van der Waals surface area contributed by atoms with E-state index in [9.17, 15) is 36.2 Å². The summed E-state index contributed by atoms with van der Waals surface area (Å²) in [6, 6.07) is 2.65. The van der Waals surface area contributed by atoms with E-state index in [-0.39, 0.29) is 12.1 Å². The van der Waals surface area contributed by atoms with Crippen LogP contribution < -0.4 is 10.6 Å². The van der Waals surface area contributed by atoms with E-state index >= 15 is 0 Å². The predicted octanol–water partition coefficient (Wildman–Crippen LogP) is 2.96. The number of hydrogen-bond donors (Lipinski definition) is 3. The van der Waals surface area contributed by atoms with Crippen molar-refractivity contribution in [1.82, 2.24) is 10.6 Å².